The molecule has 1 atom stereocenters. The maximum absolute atomic E-state index is 13.1. The summed E-state index contributed by atoms with van der Waals surface area (Å²) in [7, 11) is 0. The zero-order valence-electron chi connectivity index (χ0n) is 16.3. The summed E-state index contributed by atoms with van der Waals surface area (Å²) in [5.41, 5.74) is -0.0464. The molecule has 30 heavy (non-hydrogen) atoms. The highest BCUT2D eigenvalue weighted by Gasteiger charge is 2.39. The first-order valence-electron chi connectivity index (χ1n) is 9.26. The van der Waals surface area contributed by atoms with E-state index in [2.05, 4.69) is 10.00 Å². The van der Waals surface area contributed by atoms with Gasteiger partial charge in [-0.25, -0.2) is 0 Å². The molecule has 0 bridgehead atoms. The average Bonchev–Trinajstić information content (AvgIpc) is 2.99. The number of halogens is 6. The first-order valence-corrected chi connectivity index (χ1v) is 10.4. The van der Waals surface area contributed by atoms with Gasteiger partial charge in [0.15, 0.2) is 5.69 Å². The van der Waals surface area contributed by atoms with Gasteiger partial charge in [-0.15, -0.1) is 0 Å². The highest BCUT2D eigenvalue weighted by molar-refractivity contribution is 6.42. The number of hydrogen-bond acceptors (Lipinski definition) is 3. The summed E-state index contributed by atoms with van der Waals surface area (Å²) in [6.07, 6.45) is -4.67. The van der Waals surface area contributed by atoms with Crippen LogP contribution in [-0.2, 0) is 17.5 Å². The largest absolute Gasteiger partial charge is 0.436 e. The fourth-order valence-electron chi connectivity index (χ4n) is 3.45. The predicted molar refractivity (Wildman–Crippen MR) is 110 cm³/mol. The van der Waals surface area contributed by atoms with Gasteiger partial charge >= 0.3 is 6.18 Å². The van der Waals surface area contributed by atoms with E-state index in [0.29, 0.717) is 42.8 Å². The fraction of sp³-hybridized carbons (Fsp3) is 0.474. The van der Waals surface area contributed by atoms with E-state index in [-0.39, 0.29) is 11.6 Å². The Morgan fingerprint density at radius 1 is 1.13 bits per heavy atom. The maximum atomic E-state index is 13.1. The van der Waals surface area contributed by atoms with Crippen LogP contribution in [0.15, 0.2) is 18.2 Å². The smallest absolute Gasteiger partial charge is 0.338 e. The van der Waals surface area contributed by atoms with Crippen molar-refractivity contribution < 1.29 is 18.0 Å². The van der Waals surface area contributed by atoms with Crippen LogP contribution in [0.3, 0.4) is 0 Å². The van der Waals surface area contributed by atoms with E-state index < -0.39 is 22.9 Å². The molecule has 0 aliphatic carbocycles. The zero-order valence-corrected chi connectivity index (χ0v) is 18.6. The second kappa shape index (κ2) is 8.94. The minimum absolute atomic E-state index is 0.114. The van der Waals surface area contributed by atoms with E-state index in [4.69, 9.17) is 34.8 Å². The van der Waals surface area contributed by atoms with Gasteiger partial charge in [0.25, 0.3) is 0 Å². The normalized spacial score (nSPS) is 16.7. The van der Waals surface area contributed by atoms with Gasteiger partial charge in [-0.05, 0) is 31.5 Å². The zero-order chi connectivity index (χ0) is 22.2. The molecule has 1 aromatic carbocycles. The number of benzene rings is 1. The third-order valence-corrected chi connectivity index (χ3v) is 6.34. The second-order valence-electron chi connectivity index (χ2n) is 7.22. The molecule has 1 unspecified atom stereocenters. The van der Waals surface area contributed by atoms with Crippen LogP contribution in [0.4, 0.5) is 13.2 Å². The van der Waals surface area contributed by atoms with Crippen LogP contribution in [0.25, 0.3) is 0 Å². The molecule has 2 heterocycles. The summed E-state index contributed by atoms with van der Waals surface area (Å²) in [6.45, 7) is 5.80. The molecule has 3 rings (SSSR count). The molecule has 2 aromatic rings. The number of hydrogen-bond donors (Lipinski definition) is 0. The SMILES string of the molecule is Cc1c(Cl)c(C(F)(F)F)nn1C(C)C(=O)N1CCN(Cc2ccc(Cl)c(Cl)c2)CC1. The summed E-state index contributed by atoms with van der Waals surface area (Å²) >= 11 is 17.8. The molecular formula is C19H20Cl3F3N4O. The van der Waals surface area contributed by atoms with Gasteiger partial charge < -0.3 is 4.90 Å². The maximum Gasteiger partial charge on any atom is 0.436 e. The highest BCUT2D eigenvalue weighted by atomic mass is 35.5. The van der Waals surface area contributed by atoms with Gasteiger partial charge in [-0.3, -0.25) is 14.4 Å². The second-order valence-corrected chi connectivity index (χ2v) is 8.41. The number of alkyl halides is 3. The van der Waals surface area contributed by atoms with Crippen LogP contribution in [0.2, 0.25) is 15.1 Å². The topological polar surface area (TPSA) is 41.4 Å². The van der Waals surface area contributed by atoms with Crippen molar-refractivity contribution in [1.82, 2.24) is 19.6 Å². The third-order valence-electron chi connectivity index (χ3n) is 5.14. The van der Waals surface area contributed by atoms with E-state index in [1.54, 1.807) is 11.0 Å². The summed E-state index contributed by atoms with van der Waals surface area (Å²) < 4.78 is 40.2. The molecule has 0 N–H and O–H groups in total. The van der Waals surface area contributed by atoms with Crippen LogP contribution >= 0.6 is 34.8 Å². The molecule has 1 aliphatic heterocycles. The van der Waals surface area contributed by atoms with Crippen LogP contribution in [-0.4, -0.2) is 51.7 Å². The monoisotopic (exact) mass is 482 g/mol. The van der Waals surface area contributed by atoms with E-state index in [0.717, 1.165) is 10.2 Å². The number of carbonyl (C=O) groups excluding carboxylic acids is 1. The summed E-state index contributed by atoms with van der Waals surface area (Å²) in [5.74, 6) is -0.292. The van der Waals surface area contributed by atoms with Crippen molar-refractivity contribution in [2.24, 2.45) is 0 Å². The van der Waals surface area contributed by atoms with Gasteiger partial charge in [0.05, 0.1) is 20.8 Å². The van der Waals surface area contributed by atoms with Crippen LogP contribution in [0.5, 0.6) is 0 Å². The lowest BCUT2D eigenvalue weighted by molar-refractivity contribution is -0.142. The van der Waals surface area contributed by atoms with Crippen molar-refractivity contribution in [1.29, 1.82) is 0 Å². The van der Waals surface area contributed by atoms with E-state index >= 15 is 0 Å². The fourth-order valence-corrected chi connectivity index (χ4v) is 4.00. The Morgan fingerprint density at radius 2 is 1.77 bits per heavy atom. The van der Waals surface area contributed by atoms with E-state index in [1.807, 2.05) is 12.1 Å². The minimum atomic E-state index is -4.67. The van der Waals surface area contributed by atoms with Crippen molar-refractivity contribution in [2.75, 3.05) is 26.2 Å². The van der Waals surface area contributed by atoms with Crippen molar-refractivity contribution >= 4 is 40.7 Å². The van der Waals surface area contributed by atoms with Gasteiger partial charge in [0.2, 0.25) is 5.91 Å². The van der Waals surface area contributed by atoms with Crippen molar-refractivity contribution in [3.63, 3.8) is 0 Å². The first kappa shape index (κ1) is 23.2. The van der Waals surface area contributed by atoms with Crippen LogP contribution in [0.1, 0.15) is 29.9 Å². The summed E-state index contributed by atoms with van der Waals surface area (Å²) in [4.78, 5) is 16.7. The first-order chi connectivity index (χ1) is 14.0. The van der Waals surface area contributed by atoms with Gasteiger partial charge in [0.1, 0.15) is 6.04 Å². The Hall–Kier alpha value is -1.48. The third kappa shape index (κ3) is 4.88. The van der Waals surface area contributed by atoms with E-state index in [1.165, 1.54) is 13.8 Å². The van der Waals surface area contributed by atoms with Gasteiger partial charge in [0, 0.05) is 32.7 Å². The Bertz CT molecular complexity index is 940. The Morgan fingerprint density at radius 3 is 2.30 bits per heavy atom. The quantitative estimate of drug-likeness (QED) is 0.609. The van der Waals surface area contributed by atoms with Crippen LogP contribution in [0, 0.1) is 6.92 Å². The highest BCUT2D eigenvalue weighted by Crippen LogP contribution is 2.36. The molecule has 0 radical (unpaired) electrons. The number of piperazine rings is 1. The molecule has 164 valence electrons. The molecule has 0 spiro atoms. The van der Waals surface area contributed by atoms with Gasteiger partial charge in [-0.1, -0.05) is 40.9 Å². The number of carbonyl (C=O) groups is 1. The lowest BCUT2D eigenvalue weighted by Crippen LogP contribution is -2.50. The summed E-state index contributed by atoms with van der Waals surface area (Å²) in [5, 5.41) is 4.07. The average molecular weight is 484 g/mol. The number of amides is 1. The molecule has 1 amide bonds. The molecule has 1 aromatic heterocycles. The lowest BCUT2D eigenvalue weighted by atomic mass is 10.2. The Labute approximate surface area is 187 Å². The van der Waals surface area contributed by atoms with E-state index in [9.17, 15) is 18.0 Å². The molecule has 5 nitrogen and oxygen atoms in total. The molecular weight excluding hydrogens is 464 g/mol. The lowest BCUT2D eigenvalue weighted by Gasteiger charge is -2.36. The molecule has 0 saturated carbocycles. The summed E-state index contributed by atoms with van der Waals surface area (Å²) in [6, 6.07) is 4.57. The number of nitrogens with zero attached hydrogens (tertiary/aromatic N) is 4. The van der Waals surface area contributed by atoms with Gasteiger partial charge in [-0.2, -0.15) is 18.3 Å². The molecule has 1 aliphatic rings. The molecule has 11 heteroatoms. The predicted octanol–water partition coefficient (Wildman–Crippen LogP) is 5.08. The Balaban J connectivity index is 1.63. The van der Waals surface area contributed by atoms with Crippen molar-refractivity contribution in [2.45, 2.75) is 32.6 Å². The standard InChI is InChI=1S/C19H20Cl3F3N4O/c1-11-16(22)17(19(23,24)25)26-29(11)12(2)18(30)28-7-5-27(6-8-28)10-13-3-4-14(20)15(21)9-13/h3-4,9,12H,5-8,10H2,1-2H3. The Kier molecular flexibility index (Phi) is 6.91. The molecule has 1 saturated heterocycles. The van der Waals surface area contributed by atoms with Crippen molar-refractivity contribution in [3.8, 4) is 0 Å². The minimum Gasteiger partial charge on any atom is -0.338 e. The van der Waals surface area contributed by atoms with Crippen LogP contribution < -0.4 is 0 Å². The molecule has 1 fully saturated rings. The number of aromatic nitrogens is 2. The van der Waals surface area contributed by atoms with Crippen molar-refractivity contribution in [3.05, 3.63) is 50.2 Å². The number of rotatable bonds is 4.